The van der Waals surface area contributed by atoms with E-state index in [0.29, 0.717) is 6.42 Å². The fraction of sp³-hybridized carbons (Fsp3) is 0.350. The maximum Gasteiger partial charge on any atom is 0.325 e. The largest absolute Gasteiger partial charge is 0.480 e. The molecule has 0 aliphatic carbocycles. The number of thiophene rings is 1. The summed E-state index contributed by atoms with van der Waals surface area (Å²) < 4.78 is 0. The van der Waals surface area contributed by atoms with Crippen molar-refractivity contribution in [2.75, 3.05) is 4.90 Å². The highest BCUT2D eigenvalue weighted by atomic mass is 32.1. The Bertz CT molecular complexity index is 832. The fourth-order valence-corrected chi connectivity index (χ4v) is 4.22. The van der Waals surface area contributed by atoms with Crippen molar-refractivity contribution in [3.63, 3.8) is 0 Å². The molecule has 2 amide bonds. The standard InChI is InChI=1S/C20H22N2O4S/c1-12-5-7-14(8-6-12)22-17(23)10-9-15(18(22)16-4-3-11-27-16)19(24)21-13(2)20(25)26/h3-8,11,13,15,18H,9-10H2,1-2H3,(H,21,24)(H,25,26)/t13-,15?,18?/m1/s1. The summed E-state index contributed by atoms with van der Waals surface area (Å²) in [5, 5.41) is 13.6. The number of carboxylic acids is 1. The molecule has 1 aromatic heterocycles. The molecule has 6 nitrogen and oxygen atoms in total. The third-order valence-corrected chi connectivity index (χ3v) is 5.75. The van der Waals surface area contributed by atoms with E-state index in [1.165, 1.54) is 18.3 Å². The van der Waals surface area contributed by atoms with Crippen LogP contribution in [0.5, 0.6) is 0 Å². The summed E-state index contributed by atoms with van der Waals surface area (Å²) in [5.74, 6) is -1.97. The van der Waals surface area contributed by atoms with Gasteiger partial charge in [-0.2, -0.15) is 0 Å². The highest BCUT2D eigenvalue weighted by molar-refractivity contribution is 7.10. The Morgan fingerprint density at radius 2 is 1.96 bits per heavy atom. The van der Waals surface area contributed by atoms with E-state index in [-0.39, 0.29) is 18.2 Å². The molecule has 1 aliphatic heterocycles. The van der Waals surface area contributed by atoms with Crippen LogP contribution in [0.4, 0.5) is 5.69 Å². The Morgan fingerprint density at radius 3 is 2.56 bits per heavy atom. The number of carbonyl (C=O) groups excluding carboxylic acids is 2. The van der Waals surface area contributed by atoms with Crippen molar-refractivity contribution in [3.8, 4) is 0 Å². The normalized spacial score (nSPS) is 21.0. The Hall–Kier alpha value is -2.67. The molecule has 0 spiro atoms. The molecule has 2 heterocycles. The Morgan fingerprint density at radius 1 is 1.26 bits per heavy atom. The van der Waals surface area contributed by atoms with Crippen molar-refractivity contribution < 1.29 is 19.5 Å². The lowest BCUT2D eigenvalue weighted by atomic mass is 9.86. The summed E-state index contributed by atoms with van der Waals surface area (Å²) >= 11 is 1.49. The lowest BCUT2D eigenvalue weighted by Crippen LogP contribution is -2.50. The quantitative estimate of drug-likeness (QED) is 0.827. The van der Waals surface area contributed by atoms with Crippen LogP contribution in [-0.4, -0.2) is 28.9 Å². The zero-order chi connectivity index (χ0) is 19.6. The smallest absolute Gasteiger partial charge is 0.325 e. The van der Waals surface area contributed by atoms with Crippen LogP contribution in [0.15, 0.2) is 41.8 Å². The van der Waals surface area contributed by atoms with E-state index in [2.05, 4.69) is 5.32 Å². The number of amides is 2. The lowest BCUT2D eigenvalue weighted by molar-refractivity contribution is -0.142. The van der Waals surface area contributed by atoms with Crippen LogP contribution in [-0.2, 0) is 14.4 Å². The number of nitrogens with one attached hydrogen (secondary N) is 1. The number of rotatable bonds is 5. The molecule has 2 N–H and O–H groups in total. The van der Waals surface area contributed by atoms with Crippen molar-refractivity contribution in [2.45, 2.75) is 38.8 Å². The van der Waals surface area contributed by atoms with Crippen LogP contribution in [0.3, 0.4) is 0 Å². The zero-order valence-electron chi connectivity index (χ0n) is 15.2. The van der Waals surface area contributed by atoms with E-state index in [1.807, 2.05) is 48.7 Å². The SMILES string of the molecule is Cc1ccc(N2C(=O)CCC(C(=O)N[C@H](C)C(=O)O)C2c2cccs2)cc1. The summed E-state index contributed by atoms with van der Waals surface area (Å²) in [6, 6.07) is 10.0. The van der Waals surface area contributed by atoms with Crippen molar-refractivity contribution in [1.82, 2.24) is 5.32 Å². The first-order valence-corrected chi connectivity index (χ1v) is 9.71. The molecule has 2 unspecified atom stereocenters. The van der Waals surface area contributed by atoms with Gasteiger partial charge < -0.3 is 15.3 Å². The van der Waals surface area contributed by atoms with Gasteiger partial charge >= 0.3 is 5.97 Å². The molecule has 2 aromatic rings. The third-order valence-electron chi connectivity index (χ3n) is 4.81. The average Bonchev–Trinajstić information content (AvgIpc) is 3.16. The Balaban J connectivity index is 1.98. The number of aryl methyl sites for hydroxylation is 1. The van der Waals surface area contributed by atoms with E-state index >= 15 is 0 Å². The van der Waals surface area contributed by atoms with Gasteiger partial charge in [-0.05, 0) is 43.8 Å². The average molecular weight is 386 g/mol. The van der Waals surface area contributed by atoms with E-state index in [9.17, 15) is 14.4 Å². The van der Waals surface area contributed by atoms with Gasteiger partial charge in [-0.15, -0.1) is 11.3 Å². The van der Waals surface area contributed by atoms with Crippen molar-refractivity contribution in [3.05, 3.63) is 52.2 Å². The Kier molecular flexibility index (Phi) is 5.60. The number of piperidine rings is 1. The first-order chi connectivity index (χ1) is 12.9. The molecule has 0 bridgehead atoms. The van der Waals surface area contributed by atoms with Crippen LogP contribution in [0.25, 0.3) is 0 Å². The second kappa shape index (κ2) is 7.92. The van der Waals surface area contributed by atoms with Gasteiger partial charge in [0.2, 0.25) is 11.8 Å². The first kappa shape index (κ1) is 19.1. The van der Waals surface area contributed by atoms with Crippen LogP contribution < -0.4 is 10.2 Å². The van der Waals surface area contributed by atoms with Gasteiger partial charge in [0, 0.05) is 17.0 Å². The topological polar surface area (TPSA) is 86.7 Å². The van der Waals surface area contributed by atoms with E-state index < -0.39 is 24.0 Å². The molecule has 3 rings (SSSR count). The van der Waals surface area contributed by atoms with Crippen molar-refractivity contribution >= 4 is 34.8 Å². The number of aliphatic carboxylic acids is 1. The number of nitrogens with zero attached hydrogens (tertiary/aromatic N) is 1. The number of hydrogen-bond acceptors (Lipinski definition) is 4. The van der Waals surface area contributed by atoms with Gasteiger partial charge in [-0.1, -0.05) is 23.8 Å². The van der Waals surface area contributed by atoms with E-state index in [4.69, 9.17) is 5.11 Å². The number of hydrogen-bond donors (Lipinski definition) is 2. The minimum atomic E-state index is -1.08. The summed E-state index contributed by atoms with van der Waals surface area (Å²) in [6.07, 6.45) is 0.636. The van der Waals surface area contributed by atoms with Gasteiger partial charge in [-0.3, -0.25) is 14.4 Å². The second-order valence-electron chi connectivity index (χ2n) is 6.77. The molecule has 1 aliphatic rings. The molecule has 27 heavy (non-hydrogen) atoms. The fourth-order valence-electron chi connectivity index (χ4n) is 3.34. The number of benzene rings is 1. The number of anilines is 1. The van der Waals surface area contributed by atoms with Crippen LogP contribution in [0, 0.1) is 12.8 Å². The molecule has 3 atom stereocenters. The third kappa shape index (κ3) is 4.03. The van der Waals surface area contributed by atoms with Gasteiger partial charge in [0.05, 0.1) is 12.0 Å². The predicted octanol–water partition coefficient (Wildman–Crippen LogP) is 3.13. The molecule has 7 heteroatoms. The van der Waals surface area contributed by atoms with Gasteiger partial charge in [-0.25, -0.2) is 0 Å². The second-order valence-corrected chi connectivity index (χ2v) is 7.75. The van der Waals surface area contributed by atoms with Crippen LogP contribution >= 0.6 is 11.3 Å². The molecule has 0 saturated carbocycles. The molecule has 0 radical (unpaired) electrons. The molecule has 142 valence electrons. The van der Waals surface area contributed by atoms with E-state index in [1.54, 1.807) is 4.90 Å². The monoisotopic (exact) mass is 386 g/mol. The lowest BCUT2D eigenvalue weighted by Gasteiger charge is -2.40. The molecule has 1 saturated heterocycles. The highest BCUT2D eigenvalue weighted by Gasteiger charge is 2.42. The maximum atomic E-state index is 12.8. The number of carbonyl (C=O) groups is 3. The van der Waals surface area contributed by atoms with Gasteiger partial charge in [0.15, 0.2) is 0 Å². The number of carboxylic acid groups (broad SMARTS) is 1. The molecule has 1 aromatic carbocycles. The zero-order valence-corrected chi connectivity index (χ0v) is 16.0. The molecular weight excluding hydrogens is 364 g/mol. The summed E-state index contributed by atoms with van der Waals surface area (Å²) in [6.45, 7) is 3.41. The highest BCUT2D eigenvalue weighted by Crippen LogP contribution is 2.41. The van der Waals surface area contributed by atoms with Gasteiger partial charge in [0.1, 0.15) is 6.04 Å². The molecule has 1 fully saturated rings. The summed E-state index contributed by atoms with van der Waals surface area (Å²) in [7, 11) is 0. The summed E-state index contributed by atoms with van der Waals surface area (Å²) in [4.78, 5) is 39.4. The predicted molar refractivity (Wildman–Crippen MR) is 104 cm³/mol. The van der Waals surface area contributed by atoms with Gasteiger partial charge in [0.25, 0.3) is 0 Å². The van der Waals surface area contributed by atoms with Crippen LogP contribution in [0.1, 0.15) is 36.2 Å². The minimum Gasteiger partial charge on any atom is -0.480 e. The summed E-state index contributed by atoms with van der Waals surface area (Å²) in [5.41, 5.74) is 1.83. The molecular formula is C20H22N2O4S. The Labute approximate surface area is 161 Å². The van der Waals surface area contributed by atoms with Crippen molar-refractivity contribution in [2.24, 2.45) is 5.92 Å². The van der Waals surface area contributed by atoms with E-state index in [0.717, 1.165) is 16.1 Å². The van der Waals surface area contributed by atoms with Crippen molar-refractivity contribution in [1.29, 1.82) is 0 Å². The maximum absolute atomic E-state index is 12.8. The first-order valence-electron chi connectivity index (χ1n) is 8.84. The minimum absolute atomic E-state index is 0.0346. The van der Waals surface area contributed by atoms with Crippen LogP contribution in [0.2, 0.25) is 0 Å².